The lowest BCUT2D eigenvalue weighted by Crippen LogP contribution is -2.37. The highest BCUT2D eigenvalue weighted by Crippen LogP contribution is 2.30. The second-order valence-corrected chi connectivity index (χ2v) is 6.17. The Kier molecular flexibility index (Phi) is 5.14. The molecule has 1 aliphatic heterocycles. The Morgan fingerprint density at radius 2 is 1.86 bits per heavy atom. The minimum absolute atomic E-state index is 0.0151. The van der Waals surface area contributed by atoms with Crippen molar-refractivity contribution in [3.63, 3.8) is 0 Å². The first kappa shape index (κ1) is 19.1. The monoisotopic (exact) mass is 387 g/mol. The van der Waals surface area contributed by atoms with E-state index in [1.54, 1.807) is 12.1 Å². The zero-order valence-corrected chi connectivity index (χ0v) is 14.6. The molecule has 0 bridgehead atoms. The Morgan fingerprint density at radius 1 is 1.18 bits per heavy atom. The lowest BCUT2D eigenvalue weighted by molar-refractivity contribution is -0.135. The molecular weight excluding hydrogens is 370 g/mol. The van der Waals surface area contributed by atoms with Gasteiger partial charge in [0, 0.05) is 11.1 Å². The van der Waals surface area contributed by atoms with Crippen LogP contribution < -0.4 is 16.6 Å². The Hall–Kier alpha value is -3.66. The number of nitrogens with one attached hydrogen (secondary N) is 1. The highest BCUT2D eigenvalue weighted by atomic mass is 16.5. The van der Waals surface area contributed by atoms with Crippen LogP contribution in [0.2, 0.25) is 0 Å². The standard InChI is InChI=1S/C18H17N3O7/c19-16(25)10-3-1-9(2-4-10)6-21-12-8-28-7-11(12)15(24)14(18(21)27)17(26)20-5-13(22)23/h1-4,24H,5-8H2,(H2,19,25)(H,20,26)(H,22,23). The molecule has 10 heteroatoms. The number of carbonyl (C=O) groups excluding carboxylic acids is 2. The van der Waals surface area contributed by atoms with Crippen molar-refractivity contribution in [1.29, 1.82) is 0 Å². The van der Waals surface area contributed by atoms with Crippen molar-refractivity contribution in [3.05, 3.63) is 62.6 Å². The maximum atomic E-state index is 12.9. The van der Waals surface area contributed by atoms with Crippen molar-refractivity contribution in [2.75, 3.05) is 6.54 Å². The molecule has 0 radical (unpaired) electrons. The highest BCUT2D eigenvalue weighted by Gasteiger charge is 2.29. The van der Waals surface area contributed by atoms with Gasteiger partial charge in [0.15, 0.2) is 0 Å². The van der Waals surface area contributed by atoms with Crippen LogP contribution in [0.3, 0.4) is 0 Å². The van der Waals surface area contributed by atoms with E-state index in [4.69, 9.17) is 15.6 Å². The van der Waals surface area contributed by atoms with Gasteiger partial charge in [-0.05, 0) is 17.7 Å². The first-order chi connectivity index (χ1) is 13.3. The molecule has 0 saturated carbocycles. The maximum absolute atomic E-state index is 12.9. The number of pyridine rings is 1. The average molecular weight is 387 g/mol. The molecule has 2 aromatic rings. The zero-order valence-electron chi connectivity index (χ0n) is 14.6. The Bertz CT molecular complexity index is 1020. The molecule has 1 aliphatic rings. The first-order valence-corrected chi connectivity index (χ1v) is 8.23. The summed E-state index contributed by atoms with van der Waals surface area (Å²) in [7, 11) is 0. The second-order valence-electron chi connectivity index (χ2n) is 6.17. The number of fused-ring (bicyclic) bond motifs is 1. The molecule has 2 amide bonds. The lowest BCUT2D eigenvalue weighted by Gasteiger charge is -2.15. The minimum Gasteiger partial charge on any atom is -0.506 e. The fourth-order valence-corrected chi connectivity index (χ4v) is 2.95. The van der Waals surface area contributed by atoms with Crippen LogP contribution in [0.1, 0.15) is 37.5 Å². The molecule has 2 heterocycles. The van der Waals surface area contributed by atoms with E-state index >= 15 is 0 Å². The summed E-state index contributed by atoms with van der Waals surface area (Å²) in [6.45, 7) is -0.543. The van der Waals surface area contributed by atoms with Crippen LogP contribution in [0.15, 0.2) is 29.1 Å². The molecule has 0 aliphatic carbocycles. The van der Waals surface area contributed by atoms with Crippen molar-refractivity contribution in [2.45, 2.75) is 19.8 Å². The molecule has 28 heavy (non-hydrogen) atoms. The summed E-state index contributed by atoms with van der Waals surface area (Å²) in [5.41, 5.74) is 5.58. The van der Waals surface area contributed by atoms with Crippen LogP contribution in [-0.2, 0) is 29.3 Å². The van der Waals surface area contributed by atoms with Gasteiger partial charge in [0.05, 0.1) is 25.5 Å². The topological polar surface area (TPSA) is 161 Å². The zero-order chi connectivity index (χ0) is 20.4. The van der Waals surface area contributed by atoms with Gasteiger partial charge in [0.25, 0.3) is 11.5 Å². The molecule has 3 rings (SSSR count). The largest absolute Gasteiger partial charge is 0.506 e. The molecule has 10 nitrogen and oxygen atoms in total. The van der Waals surface area contributed by atoms with Crippen molar-refractivity contribution < 1.29 is 29.3 Å². The van der Waals surface area contributed by atoms with Gasteiger partial charge in [0.1, 0.15) is 17.9 Å². The third-order valence-corrected chi connectivity index (χ3v) is 4.35. The number of carboxylic acid groups (broad SMARTS) is 1. The maximum Gasteiger partial charge on any atom is 0.322 e. The average Bonchev–Trinajstić information content (AvgIpc) is 3.14. The normalized spacial score (nSPS) is 12.4. The molecule has 1 aromatic carbocycles. The van der Waals surface area contributed by atoms with Gasteiger partial charge in [-0.25, -0.2) is 0 Å². The fraction of sp³-hybridized carbons (Fsp3) is 0.222. The first-order valence-electron chi connectivity index (χ1n) is 8.23. The second kappa shape index (κ2) is 7.53. The van der Waals surface area contributed by atoms with E-state index in [0.29, 0.717) is 22.4 Å². The molecule has 1 aromatic heterocycles. The van der Waals surface area contributed by atoms with Gasteiger partial charge in [0.2, 0.25) is 5.91 Å². The smallest absolute Gasteiger partial charge is 0.322 e. The van der Waals surface area contributed by atoms with Crippen LogP contribution in [-0.4, -0.2) is 39.1 Å². The number of aliphatic carboxylic acids is 1. The molecular formula is C18H17N3O7. The van der Waals surface area contributed by atoms with E-state index in [0.717, 1.165) is 0 Å². The van der Waals surface area contributed by atoms with Gasteiger partial charge in [-0.15, -0.1) is 0 Å². The number of amides is 2. The number of nitrogens with two attached hydrogens (primary N) is 1. The number of hydrogen-bond acceptors (Lipinski definition) is 6. The summed E-state index contributed by atoms with van der Waals surface area (Å²) in [5.74, 6) is -3.37. The van der Waals surface area contributed by atoms with Crippen molar-refractivity contribution >= 4 is 17.8 Å². The molecule has 0 atom stereocenters. The minimum atomic E-state index is -1.29. The lowest BCUT2D eigenvalue weighted by atomic mass is 10.1. The number of primary amides is 1. The predicted molar refractivity (Wildman–Crippen MR) is 94.9 cm³/mol. The number of carbonyl (C=O) groups is 3. The van der Waals surface area contributed by atoms with Gasteiger partial charge in [-0.2, -0.15) is 0 Å². The summed E-state index contributed by atoms with van der Waals surface area (Å²) >= 11 is 0. The van der Waals surface area contributed by atoms with Crippen molar-refractivity contribution in [2.24, 2.45) is 5.73 Å². The fourth-order valence-electron chi connectivity index (χ4n) is 2.95. The summed E-state index contributed by atoms with van der Waals surface area (Å²) in [4.78, 5) is 47.0. The van der Waals surface area contributed by atoms with E-state index in [9.17, 15) is 24.3 Å². The van der Waals surface area contributed by atoms with E-state index in [2.05, 4.69) is 5.32 Å². The van der Waals surface area contributed by atoms with Gasteiger partial charge >= 0.3 is 5.97 Å². The third-order valence-electron chi connectivity index (χ3n) is 4.35. The number of benzene rings is 1. The Morgan fingerprint density at radius 3 is 2.46 bits per heavy atom. The van der Waals surface area contributed by atoms with Crippen LogP contribution in [0, 0.1) is 0 Å². The van der Waals surface area contributed by atoms with E-state index in [1.807, 2.05) is 0 Å². The van der Waals surface area contributed by atoms with Gasteiger partial charge in [-0.1, -0.05) is 12.1 Å². The number of carboxylic acids is 1. The summed E-state index contributed by atoms with van der Waals surface area (Å²) in [6.07, 6.45) is 0. The number of ether oxygens (including phenoxy) is 1. The predicted octanol–water partition coefficient (Wildman–Crippen LogP) is -0.454. The number of hydrogen-bond donors (Lipinski definition) is 4. The highest BCUT2D eigenvalue weighted by molar-refractivity contribution is 5.98. The molecule has 0 unspecified atom stereocenters. The van der Waals surface area contributed by atoms with E-state index in [1.165, 1.54) is 16.7 Å². The Labute approximate surface area is 158 Å². The van der Waals surface area contributed by atoms with Crippen molar-refractivity contribution in [3.8, 4) is 5.75 Å². The summed E-state index contributed by atoms with van der Waals surface area (Å²) in [6, 6.07) is 6.26. The van der Waals surface area contributed by atoms with Crippen molar-refractivity contribution in [1.82, 2.24) is 9.88 Å². The number of nitrogens with zero attached hydrogens (tertiary/aromatic N) is 1. The number of rotatable bonds is 6. The molecule has 0 saturated heterocycles. The van der Waals surface area contributed by atoms with Crippen LogP contribution in [0.25, 0.3) is 0 Å². The van der Waals surface area contributed by atoms with Crippen LogP contribution in [0.4, 0.5) is 0 Å². The molecule has 146 valence electrons. The van der Waals surface area contributed by atoms with Gasteiger partial charge < -0.3 is 30.6 Å². The third kappa shape index (κ3) is 3.58. The quantitative estimate of drug-likeness (QED) is 0.522. The molecule has 0 fully saturated rings. The molecule has 5 N–H and O–H groups in total. The SMILES string of the molecule is NC(=O)c1ccc(Cn2c3c(c(O)c(C(=O)NCC(=O)O)c2=O)COC3)cc1. The molecule has 0 spiro atoms. The van der Waals surface area contributed by atoms with E-state index in [-0.39, 0.29) is 19.8 Å². The number of aromatic nitrogens is 1. The summed E-state index contributed by atoms with van der Waals surface area (Å²) < 4.78 is 6.59. The van der Waals surface area contributed by atoms with Crippen LogP contribution in [0.5, 0.6) is 5.75 Å². The Balaban J connectivity index is 2.03. The van der Waals surface area contributed by atoms with Crippen LogP contribution >= 0.6 is 0 Å². The van der Waals surface area contributed by atoms with Gasteiger partial charge in [-0.3, -0.25) is 19.2 Å². The van der Waals surface area contributed by atoms with E-state index < -0.39 is 41.2 Å². The number of aromatic hydroxyl groups is 1. The summed E-state index contributed by atoms with van der Waals surface area (Å²) in [5, 5.41) is 21.1.